The second-order valence-corrected chi connectivity index (χ2v) is 7.91. The van der Waals surface area contributed by atoms with Crippen molar-refractivity contribution in [2.24, 2.45) is 0 Å². The minimum absolute atomic E-state index is 0.0491. The third kappa shape index (κ3) is 7.07. The Morgan fingerprint density at radius 1 is 1.18 bits per heavy atom. The van der Waals surface area contributed by atoms with Crippen molar-refractivity contribution in [3.05, 3.63) is 58.1 Å². The van der Waals surface area contributed by atoms with Crippen LogP contribution in [-0.2, 0) is 14.3 Å². The maximum atomic E-state index is 12.5. The van der Waals surface area contributed by atoms with Gasteiger partial charge in [-0.1, -0.05) is 6.07 Å². The molecule has 3 rings (SSSR count). The molecule has 0 aromatic heterocycles. The highest BCUT2D eigenvalue weighted by atomic mass is 79.9. The van der Waals surface area contributed by atoms with Crippen molar-refractivity contribution in [2.45, 2.75) is 6.92 Å². The molecule has 1 saturated heterocycles. The highest BCUT2D eigenvalue weighted by Crippen LogP contribution is 2.27. The summed E-state index contributed by atoms with van der Waals surface area (Å²) < 4.78 is 16.9. The summed E-state index contributed by atoms with van der Waals surface area (Å²) in [5, 5.41) is 12.2. The Kier molecular flexibility index (Phi) is 8.87. The minimum Gasteiger partial charge on any atom is -0.494 e. The first kappa shape index (κ1) is 24.3. The maximum Gasteiger partial charge on any atom is 0.266 e. The van der Waals surface area contributed by atoms with Gasteiger partial charge in [-0.3, -0.25) is 9.59 Å². The molecule has 0 atom stereocenters. The molecule has 1 heterocycles. The van der Waals surface area contributed by atoms with E-state index in [4.69, 9.17) is 14.2 Å². The predicted octanol–water partition coefficient (Wildman–Crippen LogP) is 3.63. The van der Waals surface area contributed by atoms with Crippen LogP contribution in [0.3, 0.4) is 0 Å². The summed E-state index contributed by atoms with van der Waals surface area (Å²) in [6.07, 6.45) is 1.48. The number of halogens is 1. The molecule has 0 bridgehead atoms. The summed E-state index contributed by atoms with van der Waals surface area (Å²) in [6.45, 7) is 4.54. The zero-order chi connectivity index (χ0) is 23.6. The Morgan fingerprint density at radius 3 is 2.55 bits per heavy atom. The molecule has 2 amide bonds. The van der Waals surface area contributed by atoms with Gasteiger partial charge in [-0.25, -0.2) is 0 Å². The Morgan fingerprint density at radius 2 is 1.91 bits per heavy atom. The van der Waals surface area contributed by atoms with Crippen molar-refractivity contribution < 1.29 is 23.8 Å². The third-order valence-corrected chi connectivity index (χ3v) is 5.39. The first-order chi connectivity index (χ1) is 16.0. The van der Waals surface area contributed by atoms with Crippen LogP contribution in [0.25, 0.3) is 6.08 Å². The van der Waals surface area contributed by atoms with E-state index in [9.17, 15) is 14.9 Å². The van der Waals surface area contributed by atoms with Crippen molar-refractivity contribution in [1.82, 2.24) is 4.90 Å². The Balaban J connectivity index is 1.62. The number of rotatable bonds is 8. The van der Waals surface area contributed by atoms with Crippen LogP contribution in [0.2, 0.25) is 0 Å². The van der Waals surface area contributed by atoms with Gasteiger partial charge in [0, 0.05) is 18.8 Å². The monoisotopic (exact) mass is 513 g/mol. The van der Waals surface area contributed by atoms with Gasteiger partial charge in [0.1, 0.15) is 23.1 Å². The van der Waals surface area contributed by atoms with E-state index in [0.29, 0.717) is 60.1 Å². The molecule has 0 unspecified atom stereocenters. The third-order valence-electron chi connectivity index (χ3n) is 4.77. The number of nitriles is 1. The minimum atomic E-state index is -0.519. The maximum absolute atomic E-state index is 12.5. The van der Waals surface area contributed by atoms with Crippen LogP contribution in [0.4, 0.5) is 5.69 Å². The van der Waals surface area contributed by atoms with Crippen LogP contribution in [0, 0.1) is 11.3 Å². The summed E-state index contributed by atoms with van der Waals surface area (Å²) in [7, 11) is 0. The molecular formula is C24H24BrN3O5. The van der Waals surface area contributed by atoms with Crippen molar-refractivity contribution in [1.29, 1.82) is 5.26 Å². The second kappa shape index (κ2) is 12.0. The summed E-state index contributed by atoms with van der Waals surface area (Å²) in [4.78, 5) is 26.5. The van der Waals surface area contributed by atoms with Crippen molar-refractivity contribution >= 4 is 39.5 Å². The van der Waals surface area contributed by atoms with Gasteiger partial charge in [-0.05, 0) is 70.9 Å². The summed E-state index contributed by atoms with van der Waals surface area (Å²) in [5.41, 5.74) is 1.14. The van der Waals surface area contributed by atoms with Gasteiger partial charge in [0.15, 0.2) is 6.61 Å². The molecule has 0 aliphatic carbocycles. The van der Waals surface area contributed by atoms with Crippen molar-refractivity contribution in [3.63, 3.8) is 0 Å². The number of amides is 2. The summed E-state index contributed by atoms with van der Waals surface area (Å²) in [6, 6.07) is 13.9. The van der Waals surface area contributed by atoms with Crippen LogP contribution in [0.15, 0.2) is 52.5 Å². The van der Waals surface area contributed by atoms with E-state index >= 15 is 0 Å². The van der Waals surface area contributed by atoms with Gasteiger partial charge in [0.2, 0.25) is 0 Å². The van der Waals surface area contributed by atoms with E-state index in [2.05, 4.69) is 21.2 Å². The lowest BCUT2D eigenvalue weighted by atomic mass is 10.1. The second-order valence-electron chi connectivity index (χ2n) is 7.05. The van der Waals surface area contributed by atoms with E-state index in [0.717, 1.165) is 0 Å². The largest absolute Gasteiger partial charge is 0.494 e. The first-order valence-corrected chi connectivity index (χ1v) is 11.2. The Bertz CT molecular complexity index is 1060. The molecule has 0 radical (unpaired) electrons. The van der Waals surface area contributed by atoms with Crippen molar-refractivity contribution in [2.75, 3.05) is 44.8 Å². The summed E-state index contributed by atoms with van der Waals surface area (Å²) in [5.74, 6) is 0.567. The van der Waals surface area contributed by atoms with Crippen LogP contribution < -0.4 is 14.8 Å². The number of nitrogens with zero attached hydrogens (tertiary/aromatic N) is 2. The topological polar surface area (TPSA) is 101 Å². The zero-order valence-corrected chi connectivity index (χ0v) is 19.8. The SMILES string of the molecule is CCOc1ccc(NC(=O)/C(C#N)=C\c2ccc(OCC(=O)N3CCOCC3)c(Br)c2)cc1. The molecule has 1 fully saturated rings. The fourth-order valence-corrected chi connectivity index (χ4v) is 3.59. The number of anilines is 1. The van der Waals surface area contributed by atoms with E-state index in [1.54, 1.807) is 47.4 Å². The smallest absolute Gasteiger partial charge is 0.266 e. The Labute approximate surface area is 200 Å². The lowest BCUT2D eigenvalue weighted by molar-refractivity contribution is -0.137. The molecule has 2 aromatic carbocycles. The van der Waals surface area contributed by atoms with Crippen LogP contribution in [-0.4, -0.2) is 56.2 Å². The molecule has 0 spiro atoms. The number of hydrogen-bond donors (Lipinski definition) is 1. The number of hydrogen-bond acceptors (Lipinski definition) is 6. The lowest BCUT2D eigenvalue weighted by Gasteiger charge is -2.26. The quantitative estimate of drug-likeness (QED) is 0.427. The van der Waals surface area contributed by atoms with E-state index in [-0.39, 0.29) is 18.1 Å². The molecular weight excluding hydrogens is 490 g/mol. The zero-order valence-electron chi connectivity index (χ0n) is 18.2. The number of morpholine rings is 1. The molecule has 8 nitrogen and oxygen atoms in total. The molecule has 1 aliphatic heterocycles. The standard InChI is InChI=1S/C24H24BrN3O5/c1-2-32-20-6-4-19(5-7-20)27-24(30)18(15-26)13-17-3-8-22(21(25)14-17)33-16-23(29)28-9-11-31-12-10-28/h3-8,13-14H,2,9-12,16H2,1H3,(H,27,30)/b18-13-. The molecule has 172 valence electrons. The number of benzene rings is 2. The van der Waals surface area contributed by atoms with Gasteiger partial charge in [-0.2, -0.15) is 5.26 Å². The van der Waals surface area contributed by atoms with Gasteiger partial charge >= 0.3 is 0 Å². The first-order valence-electron chi connectivity index (χ1n) is 10.4. The fraction of sp³-hybridized carbons (Fsp3) is 0.292. The molecule has 9 heteroatoms. The van der Waals surface area contributed by atoms with Crippen LogP contribution >= 0.6 is 15.9 Å². The average molecular weight is 514 g/mol. The van der Waals surface area contributed by atoms with Gasteiger partial charge in [0.25, 0.3) is 11.8 Å². The molecule has 1 N–H and O–H groups in total. The molecule has 33 heavy (non-hydrogen) atoms. The van der Waals surface area contributed by atoms with Gasteiger partial charge < -0.3 is 24.4 Å². The number of carbonyl (C=O) groups is 2. The Hall–Kier alpha value is -3.35. The highest BCUT2D eigenvalue weighted by Gasteiger charge is 2.18. The van der Waals surface area contributed by atoms with Crippen LogP contribution in [0.5, 0.6) is 11.5 Å². The van der Waals surface area contributed by atoms with Gasteiger partial charge in [-0.15, -0.1) is 0 Å². The highest BCUT2D eigenvalue weighted by molar-refractivity contribution is 9.10. The molecule has 2 aromatic rings. The number of ether oxygens (including phenoxy) is 3. The molecule has 1 aliphatic rings. The van der Waals surface area contributed by atoms with E-state index in [1.807, 2.05) is 13.0 Å². The van der Waals surface area contributed by atoms with E-state index < -0.39 is 5.91 Å². The van der Waals surface area contributed by atoms with Crippen molar-refractivity contribution in [3.8, 4) is 17.6 Å². The fourth-order valence-electron chi connectivity index (χ4n) is 3.08. The van der Waals surface area contributed by atoms with E-state index in [1.165, 1.54) is 6.08 Å². The normalized spacial score (nSPS) is 13.7. The average Bonchev–Trinajstić information content (AvgIpc) is 2.83. The lowest BCUT2D eigenvalue weighted by Crippen LogP contribution is -2.43. The molecule has 0 saturated carbocycles. The number of carbonyl (C=O) groups excluding carboxylic acids is 2. The predicted molar refractivity (Wildman–Crippen MR) is 127 cm³/mol. The van der Waals surface area contributed by atoms with Crippen LogP contribution in [0.1, 0.15) is 12.5 Å². The van der Waals surface area contributed by atoms with Gasteiger partial charge in [0.05, 0.1) is 24.3 Å². The summed E-state index contributed by atoms with van der Waals surface area (Å²) >= 11 is 3.42. The number of nitrogens with one attached hydrogen (secondary N) is 1.